The van der Waals surface area contributed by atoms with Gasteiger partial charge in [-0.3, -0.25) is 4.68 Å². The number of aromatic nitrogens is 2. The number of carboxylic acids is 1. The Balaban J connectivity index is 2.42. The van der Waals surface area contributed by atoms with E-state index >= 15 is 0 Å². The molecule has 1 heterocycles. The third-order valence-electron chi connectivity index (χ3n) is 3.36. The van der Waals surface area contributed by atoms with Crippen molar-refractivity contribution in [2.75, 3.05) is 5.73 Å². The lowest BCUT2D eigenvalue weighted by atomic mass is 10.1. The summed E-state index contributed by atoms with van der Waals surface area (Å²) in [6, 6.07) is 7.22. The van der Waals surface area contributed by atoms with Crippen molar-refractivity contribution in [1.29, 1.82) is 0 Å². The fraction of sp³-hybridized carbons (Fsp3) is 0.333. The van der Waals surface area contributed by atoms with Gasteiger partial charge in [-0.05, 0) is 30.5 Å². The van der Waals surface area contributed by atoms with Gasteiger partial charge in [0.25, 0.3) is 0 Å². The highest BCUT2D eigenvalue weighted by Gasteiger charge is 2.15. The van der Waals surface area contributed by atoms with Crippen molar-refractivity contribution in [3.8, 4) is 0 Å². The second-order valence-corrected chi connectivity index (χ2v) is 4.68. The summed E-state index contributed by atoms with van der Waals surface area (Å²) in [5, 5.41) is 13.8. The van der Waals surface area contributed by atoms with Crippen molar-refractivity contribution in [3.05, 3.63) is 46.8 Å². The first kappa shape index (κ1) is 14.1. The monoisotopic (exact) mass is 273 g/mol. The molecule has 0 radical (unpaired) electrons. The van der Waals surface area contributed by atoms with Crippen LogP contribution < -0.4 is 5.73 Å². The van der Waals surface area contributed by atoms with E-state index < -0.39 is 5.97 Å². The lowest BCUT2D eigenvalue weighted by Crippen LogP contribution is -2.12. The van der Waals surface area contributed by atoms with Crippen LogP contribution in [-0.2, 0) is 19.4 Å². The van der Waals surface area contributed by atoms with Crippen LogP contribution in [0.25, 0.3) is 0 Å². The van der Waals surface area contributed by atoms with Crippen LogP contribution in [0.4, 0.5) is 5.69 Å². The highest BCUT2D eigenvalue weighted by molar-refractivity contribution is 5.95. The smallest absolute Gasteiger partial charge is 0.338 e. The lowest BCUT2D eigenvalue weighted by molar-refractivity contribution is 0.0696. The Morgan fingerprint density at radius 1 is 1.35 bits per heavy atom. The molecular weight excluding hydrogens is 254 g/mol. The lowest BCUT2D eigenvalue weighted by Gasteiger charge is -2.10. The summed E-state index contributed by atoms with van der Waals surface area (Å²) in [5.74, 6) is -1.00. The van der Waals surface area contributed by atoms with E-state index in [2.05, 4.69) is 25.0 Å². The maximum absolute atomic E-state index is 11.3. The molecule has 0 aliphatic rings. The average molecular weight is 273 g/mol. The SMILES string of the molecule is CCc1cc(CC)n(Cc2cccc(N)c2C(=O)O)n1. The Labute approximate surface area is 118 Å². The predicted molar refractivity (Wildman–Crippen MR) is 77.9 cm³/mol. The number of carboxylic acid groups (broad SMARTS) is 1. The molecule has 0 atom stereocenters. The molecular formula is C15H19N3O2. The summed E-state index contributed by atoms with van der Waals surface area (Å²) in [6.07, 6.45) is 1.72. The second kappa shape index (κ2) is 5.77. The van der Waals surface area contributed by atoms with Gasteiger partial charge in [-0.1, -0.05) is 26.0 Å². The molecule has 0 unspecified atom stereocenters. The fourth-order valence-electron chi connectivity index (χ4n) is 2.28. The Kier molecular flexibility index (Phi) is 4.08. The number of hydrogen-bond acceptors (Lipinski definition) is 3. The quantitative estimate of drug-likeness (QED) is 0.819. The van der Waals surface area contributed by atoms with Gasteiger partial charge in [-0.15, -0.1) is 0 Å². The number of aryl methyl sites for hydroxylation is 2. The molecule has 2 rings (SSSR count). The molecule has 0 saturated heterocycles. The number of hydrogen-bond donors (Lipinski definition) is 2. The number of anilines is 1. The number of carbonyl (C=O) groups is 1. The predicted octanol–water partition coefficient (Wildman–Crippen LogP) is 2.34. The highest BCUT2D eigenvalue weighted by Crippen LogP contribution is 2.19. The third kappa shape index (κ3) is 2.66. The number of rotatable bonds is 5. The number of nitrogen functional groups attached to an aromatic ring is 1. The molecule has 0 bridgehead atoms. The van der Waals surface area contributed by atoms with E-state index in [1.807, 2.05) is 4.68 Å². The molecule has 5 heteroatoms. The second-order valence-electron chi connectivity index (χ2n) is 4.68. The van der Waals surface area contributed by atoms with Crippen molar-refractivity contribution in [2.45, 2.75) is 33.2 Å². The minimum Gasteiger partial charge on any atom is -0.478 e. The van der Waals surface area contributed by atoms with E-state index in [9.17, 15) is 9.90 Å². The zero-order valence-corrected chi connectivity index (χ0v) is 11.8. The van der Waals surface area contributed by atoms with Gasteiger partial charge in [0.05, 0.1) is 17.8 Å². The van der Waals surface area contributed by atoms with Gasteiger partial charge >= 0.3 is 5.97 Å². The molecule has 20 heavy (non-hydrogen) atoms. The zero-order chi connectivity index (χ0) is 14.7. The van der Waals surface area contributed by atoms with Crippen LogP contribution in [0.1, 0.15) is 41.2 Å². The van der Waals surface area contributed by atoms with Gasteiger partial charge < -0.3 is 10.8 Å². The number of nitrogens with zero attached hydrogens (tertiary/aromatic N) is 2. The fourth-order valence-corrected chi connectivity index (χ4v) is 2.28. The average Bonchev–Trinajstić information content (AvgIpc) is 2.80. The Bertz CT molecular complexity index is 632. The number of aromatic carboxylic acids is 1. The summed E-state index contributed by atoms with van der Waals surface area (Å²) in [5.41, 5.74) is 9.02. The molecule has 0 amide bonds. The van der Waals surface area contributed by atoms with Crippen LogP contribution in [0.15, 0.2) is 24.3 Å². The Morgan fingerprint density at radius 2 is 2.10 bits per heavy atom. The van der Waals surface area contributed by atoms with Gasteiger partial charge in [-0.2, -0.15) is 5.10 Å². The van der Waals surface area contributed by atoms with Crippen molar-refractivity contribution in [2.24, 2.45) is 0 Å². The first-order valence-electron chi connectivity index (χ1n) is 6.73. The van der Waals surface area contributed by atoms with E-state index in [1.54, 1.807) is 18.2 Å². The zero-order valence-electron chi connectivity index (χ0n) is 11.8. The maximum atomic E-state index is 11.3. The van der Waals surface area contributed by atoms with Gasteiger partial charge in [0.2, 0.25) is 0 Å². The van der Waals surface area contributed by atoms with E-state index in [1.165, 1.54) is 0 Å². The van der Waals surface area contributed by atoms with E-state index in [4.69, 9.17) is 5.73 Å². The summed E-state index contributed by atoms with van der Waals surface area (Å²) in [4.78, 5) is 11.3. The number of benzene rings is 1. The molecule has 1 aromatic carbocycles. The molecule has 2 aromatic rings. The largest absolute Gasteiger partial charge is 0.478 e. The summed E-state index contributed by atoms with van der Waals surface area (Å²) < 4.78 is 1.86. The summed E-state index contributed by atoms with van der Waals surface area (Å²) >= 11 is 0. The molecule has 0 saturated carbocycles. The van der Waals surface area contributed by atoms with Crippen molar-refractivity contribution in [1.82, 2.24) is 9.78 Å². The van der Waals surface area contributed by atoms with Gasteiger partial charge in [0, 0.05) is 11.4 Å². The van der Waals surface area contributed by atoms with Crippen LogP contribution in [0.2, 0.25) is 0 Å². The number of nitrogens with two attached hydrogens (primary N) is 1. The van der Waals surface area contributed by atoms with Crippen LogP contribution in [0, 0.1) is 0 Å². The summed E-state index contributed by atoms with van der Waals surface area (Å²) in [6.45, 7) is 4.54. The van der Waals surface area contributed by atoms with Crippen molar-refractivity contribution >= 4 is 11.7 Å². The molecule has 0 aliphatic carbocycles. The molecule has 0 aliphatic heterocycles. The van der Waals surface area contributed by atoms with E-state index in [0.29, 0.717) is 12.1 Å². The van der Waals surface area contributed by atoms with Crippen LogP contribution in [0.5, 0.6) is 0 Å². The Hall–Kier alpha value is -2.30. The van der Waals surface area contributed by atoms with Gasteiger partial charge in [0.15, 0.2) is 0 Å². The molecule has 3 N–H and O–H groups in total. The standard InChI is InChI=1S/C15H19N3O2/c1-3-11-8-12(4-2)18(17-11)9-10-6-5-7-13(16)14(10)15(19)20/h5-8H,3-4,9,16H2,1-2H3,(H,19,20). The van der Waals surface area contributed by atoms with Crippen LogP contribution in [-0.4, -0.2) is 20.9 Å². The van der Waals surface area contributed by atoms with E-state index in [0.717, 1.165) is 24.2 Å². The third-order valence-corrected chi connectivity index (χ3v) is 3.36. The molecule has 1 aromatic heterocycles. The molecule has 5 nitrogen and oxygen atoms in total. The normalized spacial score (nSPS) is 10.7. The molecule has 106 valence electrons. The van der Waals surface area contributed by atoms with Crippen LogP contribution in [0.3, 0.4) is 0 Å². The maximum Gasteiger partial charge on any atom is 0.338 e. The van der Waals surface area contributed by atoms with E-state index in [-0.39, 0.29) is 11.3 Å². The minimum atomic E-state index is -1.00. The van der Waals surface area contributed by atoms with Crippen molar-refractivity contribution in [3.63, 3.8) is 0 Å². The highest BCUT2D eigenvalue weighted by atomic mass is 16.4. The first-order valence-corrected chi connectivity index (χ1v) is 6.73. The van der Waals surface area contributed by atoms with Crippen molar-refractivity contribution < 1.29 is 9.90 Å². The molecule has 0 spiro atoms. The minimum absolute atomic E-state index is 0.170. The first-order chi connectivity index (χ1) is 9.56. The van der Waals surface area contributed by atoms with Crippen LogP contribution >= 0.6 is 0 Å². The van der Waals surface area contributed by atoms with Gasteiger partial charge in [-0.25, -0.2) is 4.79 Å². The Morgan fingerprint density at radius 3 is 2.70 bits per heavy atom. The topological polar surface area (TPSA) is 81.1 Å². The summed E-state index contributed by atoms with van der Waals surface area (Å²) in [7, 11) is 0. The van der Waals surface area contributed by atoms with Gasteiger partial charge in [0.1, 0.15) is 0 Å². The molecule has 0 fully saturated rings.